The molecule has 0 spiro atoms. The summed E-state index contributed by atoms with van der Waals surface area (Å²) in [5.74, 6) is 0.416. The summed E-state index contributed by atoms with van der Waals surface area (Å²) in [6.07, 6.45) is 1.87. The first kappa shape index (κ1) is 21.5. The van der Waals surface area contributed by atoms with Crippen molar-refractivity contribution >= 4 is 53.8 Å². The van der Waals surface area contributed by atoms with Gasteiger partial charge in [0.25, 0.3) is 5.91 Å². The third kappa shape index (κ3) is 5.30. The number of nitrogens with zero attached hydrogens (tertiary/aromatic N) is 2. The highest BCUT2D eigenvalue weighted by Crippen LogP contribution is 2.31. The molecule has 160 valence electrons. The van der Waals surface area contributed by atoms with E-state index in [0.717, 1.165) is 4.70 Å². The van der Waals surface area contributed by atoms with Crippen molar-refractivity contribution in [3.63, 3.8) is 0 Å². The normalized spacial score (nSPS) is 11.5. The lowest BCUT2D eigenvalue weighted by Gasteiger charge is -2.19. The van der Waals surface area contributed by atoms with Crippen LogP contribution in [0.2, 0.25) is 0 Å². The molecular weight excluding hydrogens is 452 g/mol. The maximum Gasteiger partial charge on any atom is 0.266 e. The molecule has 0 saturated carbocycles. The first-order valence-electron chi connectivity index (χ1n) is 9.51. The molecule has 0 radical (unpaired) electrons. The van der Waals surface area contributed by atoms with Gasteiger partial charge < -0.3 is 4.74 Å². The molecule has 0 saturated heterocycles. The van der Waals surface area contributed by atoms with E-state index in [1.807, 2.05) is 35.7 Å². The smallest absolute Gasteiger partial charge is 0.266 e. The Morgan fingerprint density at radius 1 is 1.10 bits per heavy atom. The molecule has 4 rings (SSSR count). The molecule has 1 amide bonds. The molecule has 0 unspecified atom stereocenters. The molecule has 0 aliphatic carbocycles. The van der Waals surface area contributed by atoms with Gasteiger partial charge in [0, 0.05) is 17.7 Å². The number of anilines is 1. The summed E-state index contributed by atoms with van der Waals surface area (Å²) < 4.78 is 30.1. The lowest BCUT2D eigenvalue weighted by atomic mass is 10.3. The number of carbonyl (C=O) groups is 1. The summed E-state index contributed by atoms with van der Waals surface area (Å²) in [5.41, 5.74) is 0.658. The fourth-order valence-electron chi connectivity index (χ4n) is 2.98. The minimum Gasteiger partial charge on any atom is -0.484 e. The summed E-state index contributed by atoms with van der Waals surface area (Å²) in [6, 6.07) is 18.0. The van der Waals surface area contributed by atoms with Gasteiger partial charge in [0.05, 0.1) is 15.1 Å². The van der Waals surface area contributed by atoms with Gasteiger partial charge in [-0.3, -0.25) is 9.69 Å². The number of rotatable bonds is 8. The van der Waals surface area contributed by atoms with E-state index in [0.29, 0.717) is 29.4 Å². The molecule has 0 aliphatic heterocycles. The number of hydrogen-bond acceptors (Lipinski definition) is 7. The summed E-state index contributed by atoms with van der Waals surface area (Å²) in [4.78, 5) is 20.7. The van der Waals surface area contributed by atoms with Gasteiger partial charge in [-0.25, -0.2) is 13.4 Å². The first-order valence-corrected chi connectivity index (χ1v) is 13.1. The summed E-state index contributed by atoms with van der Waals surface area (Å²) in [5, 5.41) is 2.53. The third-order valence-corrected chi connectivity index (χ3v) is 7.66. The highest BCUT2D eigenvalue weighted by Gasteiger charge is 2.21. The number of thiazole rings is 1. The maximum absolute atomic E-state index is 13.1. The molecule has 0 N–H and O–H groups in total. The second-order valence-electron chi connectivity index (χ2n) is 6.87. The Hall–Kier alpha value is -2.75. The van der Waals surface area contributed by atoms with E-state index in [2.05, 4.69) is 4.98 Å². The van der Waals surface area contributed by atoms with Gasteiger partial charge in [0.15, 0.2) is 21.6 Å². The fourth-order valence-corrected chi connectivity index (χ4v) is 5.45. The van der Waals surface area contributed by atoms with E-state index in [-0.39, 0.29) is 17.4 Å². The second kappa shape index (κ2) is 9.17. The van der Waals surface area contributed by atoms with E-state index in [1.54, 1.807) is 40.5 Å². The third-order valence-electron chi connectivity index (χ3n) is 4.58. The zero-order valence-electron chi connectivity index (χ0n) is 16.7. The quantitative estimate of drug-likeness (QED) is 0.380. The van der Waals surface area contributed by atoms with E-state index in [1.165, 1.54) is 28.5 Å². The monoisotopic (exact) mass is 472 g/mol. The van der Waals surface area contributed by atoms with E-state index < -0.39 is 9.84 Å². The molecule has 0 aliphatic rings. The minimum atomic E-state index is -3.32. The second-order valence-corrected chi connectivity index (χ2v) is 10.9. The SMILES string of the molecule is CS(=O)(=O)c1ccc2nc(N(CCc3cccs3)C(=O)COc3ccccc3)sc2c1. The predicted molar refractivity (Wildman–Crippen MR) is 125 cm³/mol. The van der Waals surface area contributed by atoms with E-state index in [4.69, 9.17) is 4.74 Å². The lowest BCUT2D eigenvalue weighted by Crippen LogP contribution is -2.36. The standard InChI is InChI=1S/C22H20N2O4S3/c1-31(26,27)18-9-10-19-20(14-18)30-22(23-19)24(12-11-17-8-5-13-29-17)21(25)15-28-16-6-3-2-4-7-16/h2-10,13-14H,11-12,15H2,1H3. The number of sulfone groups is 1. The maximum atomic E-state index is 13.1. The summed E-state index contributed by atoms with van der Waals surface area (Å²) in [6.45, 7) is 0.342. The zero-order chi connectivity index (χ0) is 21.8. The first-order chi connectivity index (χ1) is 14.9. The number of aromatic nitrogens is 1. The van der Waals surface area contributed by atoms with E-state index >= 15 is 0 Å². The van der Waals surface area contributed by atoms with Gasteiger partial charge in [-0.2, -0.15) is 0 Å². The van der Waals surface area contributed by atoms with Crippen LogP contribution in [0.1, 0.15) is 4.88 Å². The van der Waals surface area contributed by atoms with Crippen LogP contribution in [0.5, 0.6) is 5.75 Å². The molecule has 4 aromatic rings. The van der Waals surface area contributed by atoms with Crippen LogP contribution in [0.15, 0.2) is 70.9 Å². The van der Waals surface area contributed by atoms with Crippen LogP contribution >= 0.6 is 22.7 Å². The molecule has 6 nitrogen and oxygen atoms in total. The van der Waals surface area contributed by atoms with Crippen molar-refractivity contribution in [2.45, 2.75) is 11.3 Å². The van der Waals surface area contributed by atoms with Crippen molar-refractivity contribution in [1.82, 2.24) is 4.98 Å². The number of benzene rings is 2. The average Bonchev–Trinajstić information content (AvgIpc) is 3.41. The molecule has 0 fully saturated rings. The van der Waals surface area contributed by atoms with Gasteiger partial charge in [-0.1, -0.05) is 35.6 Å². The Balaban J connectivity index is 1.60. The number of amides is 1. The molecule has 0 bridgehead atoms. The van der Waals surface area contributed by atoms with Gasteiger partial charge in [-0.05, 0) is 48.2 Å². The van der Waals surface area contributed by atoms with Crippen molar-refractivity contribution in [2.24, 2.45) is 0 Å². The Morgan fingerprint density at radius 3 is 2.61 bits per heavy atom. The highest BCUT2D eigenvalue weighted by atomic mass is 32.2. The topological polar surface area (TPSA) is 76.6 Å². The lowest BCUT2D eigenvalue weighted by molar-refractivity contribution is -0.120. The van der Waals surface area contributed by atoms with Crippen LogP contribution in [-0.4, -0.2) is 38.7 Å². The highest BCUT2D eigenvalue weighted by molar-refractivity contribution is 7.90. The molecule has 2 heterocycles. The molecule has 0 atom stereocenters. The predicted octanol–water partition coefficient (Wildman–Crippen LogP) is 4.42. The molecule has 2 aromatic heterocycles. The fraction of sp³-hybridized carbons (Fsp3) is 0.182. The number of para-hydroxylation sites is 1. The number of ether oxygens (including phenoxy) is 1. The number of thiophene rings is 1. The van der Waals surface area contributed by atoms with Crippen molar-refractivity contribution < 1.29 is 17.9 Å². The van der Waals surface area contributed by atoms with Crippen LogP contribution in [0.4, 0.5) is 5.13 Å². The van der Waals surface area contributed by atoms with Gasteiger partial charge in [-0.15, -0.1) is 11.3 Å². The van der Waals surface area contributed by atoms with Gasteiger partial charge in [0.2, 0.25) is 0 Å². The Bertz CT molecular complexity index is 1280. The molecular formula is C22H20N2O4S3. The largest absolute Gasteiger partial charge is 0.484 e. The van der Waals surface area contributed by atoms with Crippen LogP contribution in [-0.2, 0) is 21.1 Å². The van der Waals surface area contributed by atoms with Crippen LogP contribution in [0, 0.1) is 0 Å². The van der Waals surface area contributed by atoms with Crippen LogP contribution < -0.4 is 9.64 Å². The van der Waals surface area contributed by atoms with E-state index in [9.17, 15) is 13.2 Å². The minimum absolute atomic E-state index is 0.112. The van der Waals surface area contributed by atoms with Crippen molar-refractivity contribution in [3.8, 4) is 5.75 Å². The zero-order valence-corrected chi connectivity index (χ0v) is 19.2. The Labute approximate surface area is 188 Å². The average molecular weight is 473 g/mol. The van der Waals surface area contributed by atoms with Crippen LogP contribution in [0.25, 0.3) is 10.2 Å². The van der Waals surface area contributed by atoms with Crippen LogP contribution in [0.3, 0.4) is 0 Å². The Kier molecular flexibility index (Phi) is 6.35. The number of hydrogen-bond donors (Lipinski definition) is 0. The van der Waals surface area contributed by atoms with Gasteiger partial charge >= 0.3 is 0 Å². The Morgan fingerprint density at radius 2 is 1.90 bits per heavy atom. The van der Waals surface area contributed by atoms with Crippen molar-refractivity contribution in [1.29, 1.82) is 0 Å². The van der Waals surface area contributed by atoms with Gasteiger partial charge in [0.1, 0.15) is 5.75 Å². The summed E-state index contributed by atoms with van der Waals surface area (Å²) >= 11 is 2.94. The van der Waals surface area contributed by atoms with Crippen molar-refractivity contribution in [3.05, 3.63) is 70.9 Å². The molecule has 2 aromatic carbocycles. The molecule has 31 heavy (non-hydrogen) atoms. The molecule has 9 heteroatoms. The summed E-state index contributed by atoms with van der Waals surface area (Å²) in [7, 11) is -3.32. The van der Waals surface area contributed by atoms with Crippen molar-refractivity contribution in [2.75, 3.05) is 24.3 Å². The number of carbonyl (C=O) groups excluding carboxylic acids is 1. The number of fused-ring (bicyclic) bond motifs is 1.